The summed E-state index contributed by atoms with van der Waals surface area (Å²) in [6, 6.07) is 7.05. The molecule has 1 aromatic rings. The summed E-state index contributed by atoms with van der Waals surface area (Å²) in [5.74, 6) is -2.44. The highest BCUT2D eigenvalue weighted by Crippen LogP contribution is 2.31. The number of halogens is 2. The minimum atomic E-state index is -2.44. The Labute approximate surface area is 109 Å². The number of hydrogen-bond donors (Lipinski definition) is 2. The van der Waals surface area contributed by atoms with Gasteiger partial charge < -0.3 is 10.6 Å². The quantitative estimate of drug-likeness (QED) is 0.647. The minimum Gasteiger partial charge on any atom is -0.360 e. The van der Waals surface area contributed by atoms with E-state index in [0.29, 0.717) is 27.5 Å². The Hall–Kier alpha value is -0.880. The topological polar surface area (TPSA) is 24.1 Å². The van der Waals surface area contributed by atoms with Crippen molar-refractivity contribution in [3.05, 3.63) is 24.3 Å². The molecule has 0 saturated heterocycles. The van der Waals surface area contributed by atoms with Crippen molar-refractivity contribution in [3.8, 4) is 0 Å². The van der Waals surface area contributed by atoms with Crippen LogP contribution in [0.25, 0.3) is 0 Å². The third-order valence-corrected chi connectivity index (χ3v) is 2.78. The molecule has 17 heavy (non-hydrogen) atoms. The summed E-state index contributed by atoms with van der Waals surface area (Å²) in [5, 5.41) is 6.34. The van der Waals surface area contributed by atoms with Gasteiger partial charge in [0, 0.05) is 10.9 Å². The molecule has 0 aliphatic carbocycles. The molecule has 0 radical (unpaired) electrons. The van der Waals surface area contributed by atoms with Gasteiger partial charge in [0.05, 0.1) is 5.69 Å². The van der Waals surface area contributed by atoms with Gasteiger partial charge in [-0.2, -0.15) is 8.78 Å². The van der Waals surface area contributed by atoms with E-state index in [1.54, 1.807) is 24.3 Å². The first-order chi connectivity index (χ1) is 7.99. The summed E-state index contributed by atoms with van der Waals surface area (Å²) < 4.78 is 24.7. The first kappa shape index (κ1) is 14.2. The number of para-hydroxylation sites is 1. The first-order valence-corrected chi connectivity index (χ1v) is 6.39. The van der Waals surface area contributed by atoms with E-state index in [1.807, 2.05) is 13.8 Å². The zero-order valence-electron chi connectivity index (χ0n) is 9.54. The summed E-state index contributed by atoms with van der Waals surface area (Å²) in [6.45, 7) is 3.90. The monoisotopic (exact) mass is 276 g/mol. The van der Waals surface area contributed by atoms with Gasteiger partial charge in [0.15, 0.2) is 5.11 Å². The fraction of sp³-hybridized carbons (Fsp3) is 0.364. The highest BCUT2D eigenvalue weighted by molar-refractivity contribution is 7.99. The van der Waals surface area contributed by atoms with Crippen LogP contribution in [0, 0.1) is 0 Å². The number of thioether (sulfide) groups is 1. The minimum absolute atomic E-state index is 0.199. The standard InChI is InChI=1S/C11H14F2N2S2/c1-7(2)14-11(16)15-8-5-3-4-6-9(8)17-10(12)13/h3-7,10H,1-2H3,(H2,14,15,16). The molecule has 0 aliphatic heterocycles. The van der Waals surface area contributed by atoms with Crippen LogP contribution in [0.15, 0.2) is 29.2 Å². The third kappa shape index (κ3) is 5.32. The number of alkyl halides is 2. The zero-order chi connectivity index (χ0) is 12.8. The lowest BCUT2D eigenvalue weighted by atomic mass is 10.3. The van der Waals surface area contributed by atoms with Crippen molar-refractivity contribution < 1.29 is 8.78 Å². The van der Waals surface area contributed by atoms with Gasteiger partial charge in [-0.15, -0.1) is 0 Å². The van der Waals surface area contributed by atoms with E-state index in [1.165, 1.54) is 0 Å². The number of hydrogen-bond acceptors (Lipinski definition) is 2. The van der Waals surface area contributed by atoms with E-state index in [-0.39, 0.29) is 6.04 Å². The third-order valence-electron chi connectivity index (χ3n) is 1.77. The Bertz CT molecular complexity index is 383. The van der Waals surface area contributed by atoms with Crippen LogP contribution >= 0.6 is 24.0 Å². The van der Waals surface area contributed by atoms with Crippen molar-refractivity contribution in [2.45, 2.75) is 30.5 Å². The number of nitrogens with one attached hydrogen (secondary N) is 2. The van der Waals surface area contributed by atoms with Crippen LogP contribution in [0.1, 0.15) is 13.8 Å². The summed E-state index contributed by atoms with van der Waals surface area (Å²) in [7, 11) is 0. The SMILES string of the molecule is CC(C)NC(=S)Nc1ccccc1SC(F)F. The Morgan fingerprint density at radius 1 is 1.29 bits per heavy atom. The molecule has 0 spiro atoms. The Balaban J connectivity index is 2.72. The molecule has 0 heterocycles. The smallest absolute Gasteiger partial charge is 0.288 e. The van der Waals surface area contributed by atoms with E-state index in [0.717, 1.165) is 0 Å². The summed E-state index contributed by atoms with van der Waals surface area (Å²) in [4.78, 5) is 0.482. The molecular weight excluding hydrogens is 262 g/mol. The summed E-state index contributed by atoms with van der Waals surface area (Å²) in [6.07, 6.45) is 0. The van der Waals surface area contributed by atoms with Gasteiger partial charge in [-0.3, -0.25) is 0 Å². The van der Waals surface area contributed by atoms with Gasteiger partial charge in [0.1, 0.15) is 0 Å². The van der Waals surface area contributed by atoms with E-state index < -0.39 is 5.76 Å². The molecule has 0 amide bonds. The molecule has 2 N–H and O–H groups in total. The number of thiocarbonyl (C=S) groups is 1. The molecule has 94 valence electrons. The molecule has 0 atom stereocenters. The lowest BCUT2D eigenvalue weighted by Crippen LogP contribution is -2.34. The fourth-order valence-electron chi connectivity index (χ4n) is 1.19. The van der Waals surface area contributed by atoms with Gasteiger partial charge in [0.25, 0.3) is 5.76 Å². The van der Waals surface area contributed by atoms with Crippen molar-refractivity contribution in [1.82, 2.24) is 5.32 Å². The summed E-state index contributed by atoms with van der Waals surface area (Å²) in [5.41, 5.74) is 0.593. The predicted molar refractivity (Wildman–Crippen MR) is 72.8 cm³/mol. The second kappa shape index (κ2) is 6.76. The summed E-state index contributed by atoms with van der Waals surface area (Å²) >= 11 is 5.57. The largest absolute Gasteiger partial charge is 0.360 e. The number of anilines is 1. The van der Waals surface area contributed by atoms with Crippen LogP contribution < -0.4 is 10.6 Å². The second-order valence-corrected chi connectivity index (χ2v) is 5.07. The highest BCUT2D eigenvalue weighted by atomic mass is 32.2. The Kier molecular flexibility index (Phi) is 5.64. The van der Waals surface area contributed by atoms with Crippen LogP contribution in [0.3, 0.4) is 0 Å². The van der Waals surface area contributed by atoms with E-state index >= 15 is 0 Å². The molecule has 0 saturated carbocycles. The second-order valence-electron chi connectivity index (χ2n) is 3.63. The van der Waals surface area contributed by atoms with E-state index in [4.69, 9.17) is 12.2 Å². The molecule has 0 aliphatic rings. The Morgan fingerprint density at radius 3 is 2.53 bits per heavy atom. The molecule has 0 bridgehead atoms. The van der Waals surface area contributed by atoms with Gasteiger partial charge in [-0.1, -0.05) is 23.9 Å². The van der Waals surface area contributed by atoms with Crippen molar-refractivity contribution in [2.75, 3.05) is 5.32 Å². The zero-order valence-corrected chi connectivity index (χ0v) is 11.2. The van der Waals surface area contributed by atoms with Crippen LogP contribution in [0.5, 0.6) is 0 Å². The maximum absolute atomic E-state index is 12.3. The van der Waals surface area contributed by atoms with E-state index in [2.05, 4.69) is 10.6 Å². The van der Waals surface area contributed by atoms with E-state index in [9.17, 15) is 8.78 Å². The molecular formula is C11H14F2N2S2. The van der Waals surface area contributed by atoms with Gasteiger partial charge in [-0.05, 0) is 38.2 Å². The molecule has 0 aromatic heterocycles. The van der Waals surface area contributed by atoms with Crippen LogP contribution in [0.2, 0.25) is 0 Å². The average Bonchev–Trinajstić information content (AvgIpc) is 2.18. The highest BCUT2D eigenvalue weighted by Gasteiger charge is 2.10. The maximum atomic E-state index is 12.3. The van der Waals surface area contributed by atoms with Crippen LogP contribution in [-0.2, 0) is 0 Å². The molecule has 2 nitrogen and oxygen atoms in total. The normalized spacial score (nSPS) is 10.7. The Morgan fingerprint density at radius 2 is 1.94 bits per heavy atom. The molecule has 6 heteroatoms. The molecule has 1 aromatic carbocycles. The van der Waals surface area contributed by atoms with Gasteiger partial charge in [-0.25, -0.2) is 0 Å². The average molecular weight is 276 g/mol. The lowest BCUT2D eigenvalue weighted by molar-refractivity contribution is 0.252. The van der Waals surface area contributed by atoms with Gasteiger partial charge >= 0.3 is 0 Å². The van der Waals surface area contributed by atoms with Crippen molar-refractivity contribution in [1.29, 1.82) is 0 Å². The van der Waals surface area contributed by atoms with Crippen molar-refractivity contribution in [2.24, 2.45) is 0 Å². The molecule has 0 fully saturated rings. The first-order valence-electron chi connectivity index (χ1n) is 5.10. The maximum Gasteiger partial charge on any atom is 0.288 e. The number of benzene rings is 1. The van der Waals surface area contributed by atoms with Gasteiger partial charge in [0.2, 0.25) is 0 Å². The predicted octanol–water partition coefficient (Wildman–Crippen LogP) is 3.70. The fourth-order valence-corrected chi connectivity index (χ4v) is 2.13. The molecule has 1 rings (SSSR count). The van der Waals surface area contributed by atoms with Crippen LogP contribution in [-0.4, -0.2) is 16.9 Å². The lowest BCUT2D eigenvalue weighted by Gasteiger charge is -2.15. The van der Waals surface area contributed by atoms with Crippen LogP contribution in [0.4, 0.5) is 14.5 Å². The van der Waals surface area contributed by atoms with Crippen molar-refractivity contribution in [3.63, 3.8) is 0 Å². The number of rotatable bonds is 4. The van der Waals surface area contributed by atoms with Crippen molar-refractivity contribution >= 4 is 34.8 Å². The molecule has 0 unspecified atom stereocenters.